The van der Waals surface area contributed by atoms with Crippen LogP contribution in [0.25, 0.3) is 0 Å². The van der Waals surface area contributed by atoms with E-state index in [2.05, 4.69) is 36.3 Å². The van der Waals surface area contributed by atoms with E-state index in [0.717, 1.165) is 36.6 Å². The van der Waals surface area contributed by atoms with Gasteiger partial charge in [0.05, 0.1) is 5.41 Å². The highest BCUT2D eigenvalue weighted by molar-refractivity contribution is 7.99. The van der Waals surface area contributed by atoms with Crippen LogP contribution in [0.15, 0.2) is 28.8 Å². The van der Waals surface area contributed by atoms with Crippen molar-refractivity contribution < 1.29 is 9.26 Å². The monoisotopic (exact) mass is 381 g/mol. The van der Waals surface area contributed by atoms with Crippen LogP contribution in [0.1, 0.15) is 42.1 Å². The average Bonchev–Trinajstić information content (AvgIpc) is 3.26. The van der Waals surface area contributed by atoms with Gasteiger partial charge >= 0.3 is 0 Å². The van der Waals surface area contributed by atoms with Crippen LogP contribution in [0.4, 0.5) is 0 Å². The van der Waals surface area contributed by atoms with Gasteiger partial charge in [-0.1, -0.05) is 35.0 Å². The van der Waals surface area contributed by atoms with E-state index in [4.69, 9.17) is 20.0 Å². The summed E-state index contributed by atoms with van der Waals surface area (Å²) in [5.41, 5.74) is 8.25. The summed E-state index contributed by atoms with van der Waals surface area (Å²) < 4.78 is 11.2. The van der Waals surface area contributed by atoms with E-state index < -0.39 is 5.54 Å². The van der Waals surface area contributed by atoms with Crippen molar-refractivity contribution >= 4 is 24.2 Å². The molecule has 5 nitrogen and oxygen atoms in total. The van der Waals surface area contributed by atoms with Crippen LogP contribution in [0.5, 0.6) is 0 Å². The lowest BCUT2D eigenvalue weighted by Gasteiger charge is -2.35. The fraction of sp³-hybridized carbons (Fsp3) is 0.556. The summed E-state index contributed by atoms with van der Waals surface area (Å²) in [7, 11) is 0. The molecule has 1 unspecified atom stereocenters. The Morgan fingerprint density at radius 2 is 1.84 bits per heavy atom. The lowest BCUT2D eigenvalue weighted by molar-refractivity contribution is 0.0597. The van der Waals surface area contributed by atoms with Crippen LogP contribution in [0.2, 0.25) is 0 Å². The first-order chi connectivity index (χ1) is 11.6. The number of nitrogens with zero attached hydrogens (tertiary/aromatic N) is 2. The summed E-state index contributed by atoms with van der Waals surface area (Å²) in [4.78, 5) is 4.79. The van der Waals surface area contributed by atoms with Crippen LogP contribution >= 0.6 is 24.2 Å². The van der Waals surface area contributed by atoms with Crippen LogP contribution < -0.4 is 5.73 Å². The van der Waals surface area contributed by atoms with Gasteiger partial charge in [-0.15, -0.1) is 12.4 Å². The van der Waals surface area contributed by atoms with Crippen molar-refractivity contribution in [3.05, 3.63) is 47.1 Å². The van der Waals surface area contributed by atoms with Gasteiger partial charge < -0.3 is 15.0 Å². The van der Waals surface area contributed by atoms with E-state index in [1.807, 2.05) is 11.8 Å². The van der Waals surface area contributed by atoms with Gasteiger partial charge in [-0.25, -0.2) is 0 Å². The minimum absolute atomic E-state index is 0. The molecule has 4 rings (SSSR count). The zero-order valence-corrected chi connectivity index (χ0v) is 16.0. The Kier molecular flexibility index (Phi) is 5.44. The third-order valence-electron chi connectivity index (χ3n) is 5.28. The molecule has 0 aliphatic carbocycles. The first kappa shape index (κ1) is 18.7. The van der Waals surface area contributed by atoms with E-state index in [9.17, 15) is 0 Å². The molecule has 2 aromatic rings. The first-order valence-corrected chi connectivity index (χ1v) is 9.64. The van der Waals surface area contributed by atoms with Gasteiger partial charge in [0.1, 0.15) is 5.54 Å². The van der Waals surface area contributed by atoms with Crippen molar-refractivity contribution in [2.45, 2.75) is 37.1 Å². The SMILES string of the molecule is Cc1ccc(C2(c3noc(C4(N)CCSC4)n3)CCOCC2)cc1.Cl. The van der Waals surface area contributed by atoms with E-state index in [1.54, 1.807) is 0 Å². The van der Waals surface area contributed by atoms with Crippen molar-refractivity contribution in [1.29, 1.82) is 0 Å². The van der Waals surface area contributed by atoms with Gasteiger partial charge in [-0.2, -0.15) is 16.7 Å². The van der Waals surface area contributed by atoms with Crippen molar-refractivity contribution in [3.8, 4) is 0 Å². The van der Waals surface area contributed by atoms with E-state index in [1.165, 1.54) is 11.1 Å². The Hall–Kier alpha value is -1.08. The zero-order valence-electron chi connectivity index (χ0n) is 14.4. The molecule has 0 radical (unpaired) electrons. The lowest BCUT2D eigenvalue weighted by Crippen LogP contribution is -2.38. The molecule has 2 aliphatic rings. The quantitative estimate of drug-likeness (QED) is 0.880. The highest BCUT2D eigenvalue weighted by atomic mass is 35.5. The molecule has 2 saturated heterocycles. The van der Waals surface area contributed by atoms with Crippen LogP contribution in [-0.4, -0.2) is 34.9 Å². The normalized spacial score (nSPS) is 25.5. The van der Waals surface area contributed by atoms with Gasteiger partial charge in [0, 0.05) is 19.0 Å². The van der Waals surface area contributed by atoms with Gasteiger partial charge in [0.25, 0.3) is 0 Å². The van der Waals surface area contributed by atoms with Crippen molar-refractivity contribution in [2.75, 3.05) is 24.7 Å². The molecule has 1 aromatic carbocycles. The van der Waals surface area contributed by atoms with E-state index >= 15 is 0 Å². The first-order valence-electron chi connectivity index (χ1n) is 8.49. The summed E-state index contributed by atoms with van der Waals surface area (Å²) in [6.07, 6.45) is 2.61. The van der Waals surface area contributed by atoms with Crippen molar-refractivity contribution in [2.24, 2.45) is 5.73 Å². The Bertz CT molecular complexity index is 707. The Labute approximate surface area is 158 Å². The van der Waals surface area contributed by atoms with Crippen LogP contribution in [-0.2, 0) is 15.7 Å². The molecular weight excluding hydrogens is 358 g/mol. The molecule has 0 spiro atoms. The number of rotatable bonds is 3. The number of halogens is 1. The van der Waals surface area contributed by atoms with E-state index in [-0.39, 0.29) is 17.8 Å². The van der Waals surface area contributed by atoms with E-state index in [0.29, 0.717) is 19.1 Å². The minimum Gasteiger partial charge on any atom is -0.381 e. The maximum Gasteiger partial charge on any atom is 0.247 e. The molecular formula is C18H24ClN3O2S. The number of aromatic nitrogens is 2. The molecule has 0 bridgehead atoms. The van der Waals surface area contributed by atoms with Gasteiger partial charge in [-0.05, 0) is 37.5 Å². The molecule has 2 N–H and O–H groups in total. The minimum atomic E-state index is -0.477. The van der Waals surface area contributed by atoms with Gasteiger partial charge in [0.15, 0.2) is 5.82 Å². The fourth-order valence-corrected chi connectivity index (χ4v) is 4.89. The molecule has 1 aromatic heterocycles. The smallest absolute Gasteiger partial charge is 0.247 e. The number of ether oxygens (including phenoxy) is 1. The summed E-state index contributed by atoms with van der Waals surface area (Å²) in [5.74, 6) is 3.23. The molecule has 0 saturated carbocycles. The third-order valence-corrected chi connectivity index (χ3v) is 6.49. The topological polar surface area (TPSA) is 74.2 Å². The molecule has 7 heteroatoms. The maximum atomic E-state index is 6.48. The molecule has 1 atom stereocenters. The summed E-state index contributed by atoms with van der Waals surface area (Å²) in [6, 6.07) is 8.65. The van der Waals surface area contributed by atoms with Crippen LogP contribution in [0.3, 0.4) is 0 Å². The highest BCUT2D eigenvalue weighted by Gasteiger charge is 2.43. The molecule has 25 heavy (non-hydrogen) atoms. The summed E-state index contributed by atoms with van der Waals surface area (Å²) >= 11 is 1.85. The number of thioether (sulfide) groups is 1. The van der Waals surface area contributed by atoms with Gasteiger partial charge in [-0.3, -0.25) is 0 Å². The number of benzene rings is 1. The number of hydrogen-bond acceptors (Lipinski definition) is 6. The molecule has 2 aliphatic heterocycles. The Morgan fingerprint density at radius 1 is 1.12 bits per heavy atom. The van der Waals surface area contributed by atoms with Crippen molar-refractivity contribution in [3.63, 3.8) is 0 Å². The third kappa shape index (κ3) is 3.33. The fourth-order valence-electron chi connectivity index (χ4n) is 3.60. The largest absolute Gasteiger partial charge is 0.381 e. The van der Waals surface area contributed by atoms with Crippen LogP contribution in [0, 0.1) is 6.92 Å². The number of hydrogen-bond donors (Lipinski definition) is 1. The van der Waals surface area contributed by atoms with Gasteiger partial charge in [0.2, 0.25) is 5.89 Å². The number of nitrogens with two attached hydrogens (primary N) is 1. The average molecular weight is 382 g/mol. The molecule has 2 fully saturated rings. The summed E-state index contributed by atoms with van der Waals surface area (Å²) in [6.45, 7) is 3.52. The molecule has 0 amide bonds. The summed E-state index contributed by atoms with van der Waals surface area (Å²) in [5, 5.41) is 4.37. The predicted octanol–water partition coefficient (Wildman–Crippen LogP) is 3.19. The zero-order chi connectivity index (χ0) is 16.6. The lowest BCUT2D eigenvalue weighted by atomic mass is 9.73. The molecule has 136 valence electrons. The second kappa shape index (κ2) is 7.27. The maximum absolute atomic E-state index is 6.48. The second-order valence-corrected chi connectivity index (χ2v) is 8.05. The second-order valence-electron chi connectivity index (χ2n) is 6.94. The predicted molar refractivity (Wildman–Crippen MR) is 101 cm³/mol. The molecule has 3 heterocycles. The standard InChI is InChI=1S/C18H23N3O2S.ClH/c1-13-2-4-14(5-3-13)17(6-9-22-10-7-17)15-20-16(23-21-15)18(19)8-11-24-12-18;/h2-5H,6-12,19H2,1H3;1H. The van der Waals surface area contributed by atoms with Crippen molar-refractivity contribution in [1.82, 2.24) is 10.1 Å². The Morgan fingerprint density at radius 3 is 2.48 bits per heavy atom. The highest BCUT2D eigenvalue weighted by Crippen LogP contribution is 2.41. The number of aryl methyl sites for hydroxylation is 1. The Balaban J connectivity index is 0.00000182.